The molecule has 30 heavy (non-hydrogen) atoms. The van der Waals surface area contributed by atoms with Gasteiger partial charge in [-0.25, -0.2) is 4.98 Å². The van der Waals surface area contributed by atoms with Crippen molar-refractivity contribution in [1.29, 1.82) is 0 Å². The van der Waals surface area contributed by atoms with Crippen LogP contribution >= 0.6 is 11.3 Å². The number of Topliss-reactive ketones (excluding diaryl/α,β-unsaturated/α-hetero) is 1. The fourth-order valence-corrected chi connectivity index (χ4v) is 4.75. The van der Waals surface area contributed by atoms with E-state index in [4.69, 9.17) is 0 Å². The molecule has 4 rings (SSSR count). The molecule has 1 aliphatic rings. The second-order valence-corrected chi connectivity index (χ2v) is 8.60. The van der Waals surface area contributed by atoms with E-state index in [0.717, 1.165) is 16.1 Å². The molecule has 0 fully saturated rings. The standard InChI is InChI=1S/C23H21N3O3S/c1-12-7-8-17(13(2)10-12)26-19(16-6-5-9-24-11-16)18(21(28)23(26)29)20(27)22-14(3)25-15(4)30-22/h5-11,19,28H,1-4H3. The van der Waals surface area contributed by atoms with Gasteiger partial charge >= 0.3 is 0 Å². The van der Waals surface area contributed by atoms with Crippen LogP contribution in [0.1, 0.15) is 43.1 Å². The van der Waals surface area contributed by atoms with Crippen LogP contribution in [0.4, 0.5) is 5.69 Å². The molecule has 1 aromatic carbocycles. The number of hydrogen-bond acceptors (Lipinski definition) is 6. The molecule has 1 unspecified atom stereocenters. The number of pyridine rings is 1. The summed E-state index contributed by atoms with van der Waals surface area (Å²) < 4.78 is 0. The summed E-state index contributed by atoms with van der Waals surface area (Å²) in [7, 11) is 0. The van der Waals surface area contributed by atoms with Crippen LogP contribution in [0.3, 0.4) is 0 Å². The number of ketones is 1. The van der Waals surface area contributed by atoms with Gasteiger partial charge in [-0.1, -0.05) is 23.8 Å². The first-order valence-electron chi connectivity index (χ1n) is 9.52. The first-order valence-corrected chi connectivity index (χ1v) is 10.3. The van der Waals surface area contributed by atoms with Crippen LogP contribution in [0.25, 0.3) is 0 Å². The van der Waals surface area contributed by atoms with Crippen molar-refractivity contribution in [3.05, 3.63) is 86.3 Å². The molecule has 6 nitrogen and oxygen atoms in total. The van der Waals surface area contributed by atoms with Crippen LogP contribution in [0, 0.1) is 27.7 Å². The van der Waals surface area contributed by atoms with E-state index < -0.39 is 17.7 Å². The molecule has 7 heteroatoms. The van der Waals surface area contributed by atoms with E-state index in [1.54, 1.807) is 31.5 Å². The van der Waals surface area contributed by atoms with Crippen molar-refractivity contribution in [2.75, 3.05) is 4.90 Å². The minimum atomic E-state index is -0.776. The normalized spacial score (nSPS) is 16.5. The molecule has 0 radical (unpaired) electrons. The average molecular weight is 420 g/mol. The van der Waals surface area contributed by atoms with Crippen LogP contribution in [0.2, 0.25) is 0 Å². The third kappa shape index (κ3) is 3.21. The number of anilines is 1. The maximum absolute atomic E-state index is 13.5. The minimum Gasteiger partial charge on any atom is -0.503 e. The third-order valence-electron chi connectivity index (χ3n) is 5.17. The Hall–Kier alpha value is -3.32. The predicted octanol–water partition coefficient (Wildman–Crippen LogP) is 4.55. The lowest BCUT2D eigenvalue weighted by Crippen LogP contribution is -2.31. The van der Waals surface area contributed by atoms with Gasteiger partial charge in [-0.2, -0.15) is 0 Å². The first kappa shape index (κ1) is 20.0. The molecule has 1 aliphatic heterocycles. The fourth-order valence-electron chi connectivity index (χ4n) is 3.88. The monoisotopic (exact) mass is 419 g/mol. The van der Waals surface area contributed by atoms with Gasteiger partial charge in [0.15, 0.2) is 5.76 Å². The summed E-state index contributed by atoms with van der Waals surface area (Å²) in [6.07, 6.45) is 3.24. The molecule has 1 atom stereocenters. The largest absolute Gasteiger partial charge is 0.503 e. The van der Waals surface area contributed by atoms with E-state index in [1.165, 1.54) is 16.2 Å². The maximum atomic E-state index is 13.5. The first-order chi connectivity index (χ1) is 14.3. The molecule has 0 saturated heterocycles. The van der Waals surface area contributed by atoms with Gasteiger partial charge in [0.2, 0.25) is 5.78 Å². The van der Waals surface area contributed by atoms with Crippen molar-refractivity contribution in [1.82, 2.24) is 9.97 Å². The van der Waals surface area contributed by atoms with Crippen molar-refractivity contribution in [2.45, 2.75) is 33.7 Å². The summed E-state index contributed by atoms with van der Waals surface area (Å²) in [5.74, 6) is -1.51. The van der Waals surface area contributed by atoms with E-state index >= 15 is 0 Å². The fraction of sp³-hybridized carbons (Fsp3) is 0.217. The molecule has 0 saturated carbocycles. The van der Waals surface area contributed by atoms with E-state index in [1.807, 2.05) is 39.0 Å². The number of thiazole rings is 1. The Morgan fingerprint density at radius 1 is 1.17 bits per heavy atom. The van der Waals surface area contributed by atoms with Gasteiger partial charge < -0.3 is 5.11 Å². The Morgan fingerprint density at radius 2 is 1.93 bits per heavy atom. The van der Waals surface area contributed by atoms with Crippen molar-refractivity contribution >= 4 is 28.7 Å². The van der Waals surface area contributed by atoms with Gasteiger partial charge in [0.1, 0.15) is 0 Å². The molecule has 0 bridgehead atoms. The van der Waals surface area contributed by atoms with E-state index in [0.29, 0.717) is 21.8 Å². The number of aliphatic hydroxyl groups excluding tert-OH is 1. The zero-order valence-corrected chi connectivity index (χ0v) is 17.9. The molecular formula is C23H21N3O3S. The van der Waals surface area contributed by atoms with E-state index in [2.05, 4.69) is 9.97 Å². The van der Waals surface area contributed by atoms with Crippen LogP contribution in [-0.2, 0) is 4.79 Å². The van der Waals surface area contributed by atoms with Crippen molar-refractivity contribution in [3.63, 3.8) is 0 Å². The molecule has 2 aromatic heterocycles. The van der Waals surface area contributed by atoms with Gasteiger partial charge in [0.05, 0.1) is 27.2 Å². The summed E-state index contributed by atoms with van der Waals surface area (Å²) in [6.45, 7) is 7.46. The highest BCUT2D eigenvalue weighted by Crippen LogP contribution is 2.43. The second kappa shape index (κ2) is 7.50. The molecule has 0 spiro atoms. The third-order valence-corrected chi connectivity index (χ3v) is 6.25. The number of carbonyl (C=O) groups is 2. The molecule has 152 valence electrons. The lowest BCUT2D eigenvalue weighted by Gasteiger charge is -2.28. The smallest absolute Gasteiger partial charge is 0.294 e. The maximum Gasteiger partial charge on any atom is 0.294 e. The quantitative estimate of drug-likeness (QED) is 0.627. The summed E-state index contributed by atoms with van der Waals surface area (Å²) in [6, 6.07) is 8.49. The zero-order chi connectivity index (χ0) is 21.6. The number of aromatic nitrogens is 2. The highest BCUT2D eigenvalue weighted by molar-refractivity contribution is 7.14. The summed E-state index contributed by atoms with van der Waals surface area (Å²) in [4.78, 5) is 37.1. The van der Waals surface area contributed by atoms with Crippen LogP contribution in [-0.4, -0.2) is 26.8 Å². The van der Waals surface area contributed by atoms with E-state index in [9.17, 15) is 14.7 Å². The number of aryl methyl sites for hydroxylation is 4. The molecule has 3 aromatic rings. The molecular weight excluding hydrogens is 398 g/mol. The molecule has 1 N–H and O–H groups in total. The Labute approximate surface area is 178 Å². The lowest BCUT2D eigenvalue weighted by molar-refractivity contribution is -0.117. The van der Waals surface area contributed by atoms with Gasteiger partial charge in [-0.05, 0) is 51.0 Å². The van der Waals surface area contributed by atoms with Gasteiger partial charge in [0, 0.05) is 18.1 Å². The minimum absolute atomic E-state index is 0.0553. The number of carbonyl (C=O) groups excluding carboxylic acids is 2. The van der Waals surface area contributed by atoms with Crippen molar-refractivity contribution in [3.8, 4) is 0 Å². The van der Waals surface area contributed by atoms with Gasteiger partial charge in [-0.15, -0.1) is 11.3 Å². The van der Waals surface area contributed by atoms with Crippen LogP contribution in [0.15, 0.2) is 54.1 Å². The molecule has 3 heterocycles. The van der Waals surface area contributed by atoms with Gasteiger partial charge in [-0.3, -0.25) is 19.5 Å². The number of benzene rings is 1. The number of hydrogen-bond donors (Lipinski definition) is 1. The molecule has 0 aliphatic carbocycles. The zero-order valence-electron chi connectivity index (χ0n) is 17.1. The Kier molecular flexibility index (Phi) is 4.99. The number of aliphatic hydroxyl groups is 1. The molecule has 1 amide bonds. The summed E-state index contributed by atoms with van der Waals surface area (Å²) >= 11 is 1.26. The van der Waals surface area contributed by atoms with Crippen molar-refractivity contribution in [2.24, 2.45) is 0 Å². The number of amides is 1. The SMILES string of the molecule is Cc1ccc(N2C(=O)C(O)=C(C(=O)c3sc(C)nc3C)C2c2cccnc2)c(C)c1. The van der Waals surface area contributed by atoms with Crippen LogP contribution in [0.5, 0.6) is 0 Å². The second-order valence-electron chi connectivity index (χ2n) is 7.39. The highest BCUT2D eigenvalue weighted by atomic mass is 32.1. The predicted molar refractivity (Wildman–Crippen MR) is 116 cm³/mol. The number of rotatable bonds is 4. The highest BCUT2D eigenvalue weighted by Gasteiger charge is 2.45. The Bertz CT molecular complexity index is 1200. The van der Waals surface area contributed by atoms with Gasteiger partial charge in [0.25, 0.3) is 5.91 Å². The topological polar surface area (TPSA) is 83.4 Å². The number of nitrogens with zero attached hydrogens (tertiary/aromatic N) is 3. The van der Waals surface area contributed by atoms with Crippen LogP contribution < -0.4 is 4.90 Å². The van der Waals surface area contributed by atoms with E-state index in [-0.39, 0.29) is 11.4 Å². The summed E-state index contributed by atoms with van der Waals surface area (Å²) in [5, 5.41) is 11.6. The van der Waals surface area contributed by atoms with Crippen molar-refractivity contribution < 1.29 is 14.7 Å². The summed E-state index contributed by atoms with van der Waals surface area (Å²) in [5.41, 5.74) is 3.88. The lowest BCUT2D eigenvalue weighted by atomic mass is 9.95. The Balaban J connectivity index is 1.91. The Morgan fingerprint density at radius 3 is 2.53 bits per heavy atom. The average Bonchev–Trinajstić information content (AvgIpc) is 3.18.